The first-order valence-electron chi connectivity index (χ1n) is 9.50. The van der Waals surface area contributed by atoms with Gasteiger partial charge >= 0.3 is 0 Å². The number of hydrogen-bond donors (Lipinski definition) is 0. The van der Waals surface area contributed by atoms with Crippen molar-refractivity contribution in [1.82, 2.24) is 19.4 Å². The number of nitriles is 1. The molecule has 0 radical (unpaired) electrons. The van der Waals surface area contributed by atoms with Gasteiger partial charge in [-0.05, 0) is 24.3 Å². The number of hydrogen-bond acceptors (Lipinski definition) is 5. The lowest BCUT2D eigenvalue weighted by Gasteiger charge is -2.22. The van der Waals surface area contributed by atoms with Crippen molar-refractivity contribution < 1.29 is 4.79 Å². The van der Waals surface area contributed by atoms with E-state index in [1.54, 1.807) is 12.5 Å². The Labute approximate surface area is 162 Å². The molecule has 0 bridgehead atoms. The number of carbonyl (C=O) groups is 1. The molecule has 0 saturated carbocycles. The zero-order valence-electron chi connectivity index (χ0n) is 15.4. The minimum atomic E-state index is 0.153. The molecular formula is C21H20N6O. The average molecular weight is 372 g/mol. The topological polar surface area (TPSA) is 78.0 Å². The minimum absolute atomic E-state index is 0.153. The van der Waals surface area contributed by atoms with Gasteiger partial charge < -0.3 is 14.4 Å². The van der Waals surface area contributed by atoms with Crippen LogP contribution >= 0.6 is 0 Å². The molecule has 2 unspecified atom stereocenters. The van der Waals surface area contributed by atoms with E-state index in [-0.39, 0.29) is 5.91 Å². The van der Waals surface area contributed by atoms with Gasteiger partial charge in [-0.15, -0.1) is 0 Å². The normalized spacial score (nSPS) is 21.1. The van der Waals surface area contributed by atoms with Crippen molar-refractivity contribution in [2.24, 2.45) is 11.8 Å². The van der Waals surface area contributed by atoms with Crippen LogP contribution in [0.15, 0.2) is 48.9 Å². The van der Waals surface area contributed by atoms with Crippen LogP contribution in [0, 0.1) is 23.2 Å². The molecule has 2 aliphatic rings. The first-order chi connectivity index (χ1) is 13.7. The maximum atomic E-state index is 12.8. The van der Waals surface area contributed by atoms with E-state index in [0.717, 1.165) is 43.0 Å². The molecule has 2 saturated heterocycles. The average Bonchev–Trinajstić information content (AvgIpc) is 3.41. The number of aromatic nitrogens is 3. The van der Waals surface area contributed by atoms with Gasteiger partial charge in [0.1, 0.15) is 18.4 Å². The van der Waals surface area contributed by atoms with Gasteiger partial charge in [0.2, 0.25) is 5.91 Å². The van der Waals surface area contributed by atoms with Crippen molar-refractivity contribution in [3.05, 3.63) is 54.5 Å². The molecule has 4 heterocycles. The second kappa shape index (κ2) is 6.64. The third kappa shape index (κ3) is 2.87. The van der Waals surface area contributed by atoms with E-state index in [9.17, 15) is 4.79 Å². The Morgan fingerprint density at radius 2 is 1.86 bits per heavy atom. The molecule has 0 aliphatic carbocycles. The van der Waals surface area contributed by atoms with Gasteiger partial charge in [0.15, 0.2) is 0 Å². The summed E-state index contributed by atoms with van der Waals surface area (Å²) in [7, 11) is 0. The highest BCUT2D eigenvalue weighted by molar-refractivity contribution is 5.80. The summed E-state index contributed by atoms with van der Waals surface area (Å²) in [6.45, 7) is 3.73. The number of amides is 1. The fourth-order valence-corrected chi connectivity index (χ4v) is 4.41. The van der Waals surface area contributed by atoms with Crippen LogP contribution in [-0.2, 0) is 11.3 Å². The maximum Gasteiger partial charge on any atom is 0.242 e. The second-order valence-electron chi connectivity index (χ2n) is 7.60. The van der Waals surface area contributed by atoms with Crippen molar-refractivity contribution >= 4 is 22.8 Å². The minimum Gasteiger partial charge on any atom is -0.356 e. The van der Waals surface area contributed by atoms with E-state index in [0.29, 0.717) is 23.9 Å². The number of pyridine rings is 1. The van der Waals surface area contributed by atoms with Gasteiger partial charge in [0, 0.05) is 44.2 Å². The Morgan fingerprint density at radius 1 is 1.07 bits per heavy atom. The summed E-state index contributed by atoms with van der Waals surface area (Å²) in [5.74, 6) is 2.01. The lowest BCUT2D eigenvalue weighted by atomic mass is 10.0. The van der Waals surface area contributed by atoms with Crippen molar-refractivity contribution in [2.75, 3.05) is 31.1 Å². The van der Waals surface area contributed by atoms with Crippen LogP contribution in [0.5, 0.6) is 0 Å². The van der Waals surface area contributed by atoms with E-state index in [1.807, 2.05) is 45.9 Å². The summed E-state index contributed by atoms with van der Waals surface area (Å²) in [5, 5.41) is 8.91. The number of para-hydroxylation sites is 2. The molecule has 2 atom stereocenters. The number of rotatable bonds is 3. The van der Waals surface area contributed by atoms with E-state index in [1.165, 1.54) is 0 Å². The van der Waals surface area contributed by atoms with Gasteiger partial charge in [-0.3, -0.25) is 4.79 Å². The molecule has 7 nitrogen and oxygen atoms in total. The van der Waals surface area contributed by atoms with Crippen LogP contribution in [0.2, 0.25) is 0 Å². The Kier molecular flexibility index (Phi) is 3.97. The molecule has 0 N–H and O–H groups in total. The number of carbonyl (C=O) groups excluding carboxylic acids is 1. The lowest BCUT2D eigenvalue weighted by Crippen LogP contribution is -2.35. The summed E-state index contributed by atoms with van der Waals surface area (Å²) >= 11 is 0. The summed E-state index contributed by atoms with van der Waals surface area (Å²) in [6.07, 6.45) is 3.37. The SMILES string of the molecule is N#Cc1ccc(N2CC3CN(C(=O)Cn4cnc5ccccc54)CC3C2)nc1. The first kappa shape index (κ1) is 16.8. The Hall–Kier alpha value is -3.40. The molecule has 2 fully saturated rings. The number of fused-ring (bicyclic) bond motifs is 2. The van der Waals surface area contributed by atoms with Crippen LogP contribution in [0.25, 0.3) is 11.0 Å². The lowest BCUT2D eigenvalue weighted by molar-refractivity contribution is -0.131. The first-order valence-corrected chi connectivity index (χ1v) is 9.50. The molecule has 5 rings (SSSR count). The molecule has 3 aromatic rings. The maximum absolute atomic E-state index is 12.8. The molecule has 1 amide bonds. The van der Waals surface area contributed by atoms with E-state index in [2.05, 4.69) is 20.9 Å². The zero-order chi connectivity index (χ0) is 19.1. The predicted octanol–water partition coefficient (Wildman–Crippen LogP) is 1.90. The van der Waals surface area contributed by atoms with Crippen LogP contribution in [0.3, 0.4) is 0 Å². The molecule has 28 heavy (non-hydrogen) atoms. The van der Waals surface area contributed by atoms with Crippen molar-refractivity contribution in [3.63, 3.8) is 0 Å². The van der Waals surface area contributed by atoms with Crippen LogP contribution < -0.4 is 4.90 Å². The summed E-state index contributed by atoms with van der Waals surface area (Å²) in [5.41, 5.74) is 2.49. The number of nitrogens with zero attached hydrogens (tertiary/aromatic N) is 6. The monoisotopic (exact) mass is 372 g/mol. The second-order valence-corrected chi connectivity index (χ2v) is 7.60. The largest absolute Gasteiger partial charge is 0.356 e. The van der Waals surface area contributed by atoms with Gasteiger partial charge in [0.05, 0.1) is 22.9 Å². The number of likely N-dealkylation sites (tertiary alicyclic amines) is 1. The molecule has 1 aromatic carbocycles. The zero-order valence-corrected chi connectivity index (χ0v) is 15.4. The predicted molar refractivity (Wildman–Crippen MR) is 104 cm³/mol. The highest BCUT2D eigenvalue weighted by Gasteiger charge is 2.41. The molecular weight excluding hydrogens is 352 g/mol. The van der Waals surface area contributed by atoms with E-state index < -0.39 is 0 Å². The molecule has 2 aromatic heterocycles. The van der Waals surface area contributed by atoms with Crippen molar-refractivity contribution in [2.45, 2.75) is 6.54 Å². The summed E-state index contributed by atoms with van der Waals surface area (Å²) in [4.78, 5) is 25.9. The van der Waals surface area contributed by atoms with Crippen LogP contribution in [0.4, 0.5) is 5.82 Å². The Balaban J connectivity index is 1.22. The molecule has 0 spiro atoms. The Bertz CT molecular complexity index is 1050. The van der Waals surface area contributed by atoms with Gasteiger partial charge in [-0.1, -0.05) is 12.1 Å². The van der Waals surface area contributed by atoms with E-state index in [4.69, 9.17) is 5.26 Å². The molecule has 2 aliphatic heterocycles. The molecule has 7 heteroatoms. The van der Waals surface area contributed by atoms with Crippen LogP contribution in [0.1, 0.15) is 5.56 Å². The number of anilines is 1. The fraction of sp³-hybridized carbons (Fsp3) is 0.333. The third-order valence-corrected chi connectivity index (χ3v) is 5.87. The number of imidazole rings is 1. The number of benzene rings is 1. The van der Waals surface area contributed by atoms with Crippen molar-refractivity contribution in [1.29, 1.82) is 5.26 Å². The van der Waals surface area contributed by atoms with Gasteiger partial charge in [-0.2, -0.15) is 5.26 Å². The highest BCUT2D eigenvalue weighted by atomic mass is 16.2. The quantitative estimate of drug-likeness (QED) is 0.702. The third-order valence-electron chi connectivity index (χ3n) is 5.87. The van der Waals surface area contributed by atoms with Crippen molar-refractivity contribution in [3.8, 4) is 6.07 Å². The smallest absolute Gasteiger partial charge is 0.242 e. The van der Waals surface area contributed by atoms with Gasteiger partial charge in [0.25, 0.3) is 0 Å². The molecule has 140 valence electrons. The summed E-state index contributed by atoms with van der Waals surface area (Å²) < 4.78 is 1.93. The highest BCUT2D eigenvalue weighted by Crippen LogP contribution is 2.33. The standard InChI is InChI=1S/C21H20N6O/c22-7-15-5-6-20(23-8-15)25-9-16-11-26(12-17(16)10-25)21(28)13-27-14-24-18-3-1-2-4-19(18)27/h1-6,8,14,16-17H,9-13H2. The Morgan fingerprint density at radius 3 is 2.57 bits per heavy atom. The fourth-order valence-electron chi connectivity index (χ4n) is 4.41. The van der Waals surface area contributed by atoms with E-state index >= 15 is 0 Å². The van der Waals surface area contributed by atoms with Gasteiger partial charge in [-0.25, -0.2) is 9.97 Å². The van der Waals surface area contributed by atoms with Crippen LogP contribution in [-0.4, -0.2) is 51.5 Å². The summed E-state index contributed by atoms with van der Waals surface area (Å²) in [6, 6.07) is 13.7.